The highest BCUT2D eigenvalue weighted by molar-refractivity contribution is 9.10. The van der Waals surface area contributed by atoms with E-state index in [0.29, 0.717) is 13.1 Å². The Balaban J connectivity index is 2.24. The van der Waals surface area contributed by atoms with Gasteiger partial charge < -0.3 is 15.0 Å². The van der Waals surface area contributed by atoms with Crippen LogP contribution in [0.4, 0.5) is 4.79 Å². The number of amides is 1. The van der Waals surface area contributed by atoms with Crippen molar-refractivity contribution >= 4 is 33.6 Å². The van der Waals surface area contributed by atoms with Gasteiger partial charge in [0.05, 0.1) is 0 Å². The zero-order valence-corrected chi connectivity index (χ0v) is 15.9. The van der Waals surface area contributed by atoms with E-state index in [1.165, 1.54) is 0 Å². The SMILES string of the molecule is CN(CCCNCc1ccc(Br)cc1Cl)C(=O)OC(C)(C)C. The Morgan fingerprint density at radius 3 is 2.68 bits per heavy atom. The summed E-state index contributed by atoms with van der Waals surface area (Å²) in [5, 5.41) is 4.07. The van der Waals surface area contributed by atoms with Gasteiger partial charge in [0.2, 0.25) is 0 Å². The van der Waals surface area contributed by atoms with E-state index in [-0.39, 0.29) is 6.09 Å². The predicted molar refractivity (Wildman–Crippen MR) is 94.3 cm³/mol. The lowest BCUT2D eigenvalue weighted by atomic mass is 10.2. The van der Waals surface area contributed by atoms with Crippen LogP contribution < -0.4 is 5.32 Å². The molecule has 0 saturated carbocycles. The van der Waals surface area contributed by atoms with Crippen LogP contribution in [-0.4, -0.2) is 36.7 Å². The van der Waals surface area contributed by atoms with Crippen molar-refractivity contribution in [3.8, 4) is 0 Å². The predicted octanol–water partition coefficient (Wildman–Crippen LogP) is 4.45. The highest BCUT2D eigenvalue weighted by atomic mass is 79.9. The molecule has 22 heavy (non-hydrogen) atoms. The molecular formula is C16H24BrClN2O2. The van der Waals surface area contributed by atoms with Crippen molar-refractivity contribution in [2.75, 3.05) is 20.1 Å². The zero-order valence-electron chi connectivity index (χ0n) is 13.6. The summed E-state index contributed by atoms with van der Waals surface area (Å²) < 4.78 is 6.27. The summed E-state index contributed by atoms with van der Waals surface area (Å²) in [6, 6.07) is 5.85. The van der Waals surface area contributed by atoms with E-state index >= 15 is 0 Å². The summed E-state index contributed by atoms with van der Waals surface area (Å²) in [7, 11) is 1.75. The first-order valence-corrected chi connectivity index (χ1v) is 8.45. The number of halogens is 2. The second-order valence-corrected chi connectivity index (χ2v) is 7.49. The molecule has 1 aromatic rings. The van der Waals surface area contributed by atoms with Crippen LogP contribution in [0.2, 0.25) is 5.02 Å². The van der Waals surface area contributed by atoms with Crippen molar-refractivity contribution in [3.05, 3.63) is 33.3 Å². The molecule has 0 aliphatic rings. The van der Waals surface area contributed by atoms with E-state index in [0.717, 1.165) is 28.0 Å². The maximum atomic E-state index is 11.8. The van der Waals surface area contributed by atoms with Gasteiger partial charge in [-0.05, 0) is 51.4 Å². The normalized spacial score (nSPS) is 11.4. The summed E-state index contributed by atoms with van der Waals surface area (Å²) in [6.07, 6.45) is 0.563. The number of ether oxygens (including phenoxy) is 1. The molecule has 0 fully saturated rings. The van der Waals surface area contributed by atoms with Crippen LogP contribution in [0.15, 0.2) is 22.7 Å². The molecule has 0 bridgehead atoms. The van der Waals surface area contributed by atoms with Gasteiger partial charge in [0, 0.05) is 29.6 Å². The minimum absolute atomic E-state index is 0.288. The third-order valence-electron chi connectivity index (χ3n) is 2.88. The molecule has 0 unspecified atom stereocenters. The van der Waals surface area contributed by atoms with E-state index < -0.39 is 5.60 Å². The van der Waals surface area contributed by atoms with E-state index in [1.807, 2.05) is 39.0 Å². The maximum absolute atomic E-state index is 11.8. The number of benzene rings is 1. The highest BCUT2D eigenvalue weighted by Crippen LogP contribution is 2.21. The average Bonchev–Trinajstić information content (AvgIpc) is 2.38. The van der Waals surface area contributed by atoms with Crippen molar-refractivity contribution in [3.63, 3.8) is 0 Å². The van der Waals surface area contributed by atoms with Gasteiger partial charge in [-0.2, -0.15) is 0 Å². The van der Waals surface area contributed by atoms with Crippen LogP contribution in [0.5, 0.6) is 0 Å². The topological polar surface area (TPSA) is 41.6 Å². The summed E-state index contributed by atoms with van der Waals surface area (Å²) in [4.78, 5) is 13.4. The average molecular weight is 392 g/mol. The third kappa shape index (κ3) is 7.47. The second kappa shape index (κ2) is 8.75. The van der Waals surface area contributed by atoms with Crippen molar-refractivity contribution in [2.24, 2.45) is 0 Å². The van der Waals surface area contributed by atoms with Gasteiger partial charge in [-0.25, -0.2) is 4.79 Å². The minimum atomic E-state index is -0.456. The van der Waals surface area contributed by atoms with Crippen molar-refractivity contribution < 1.29 is 9.53 Å². The molecule has 1 N–H and O–H groups in total. The quantitative estimate of drug-likeness (QED) is 0.728. The molecule has 0 saturated heterocycles. The number of hydrogen-bond acceptors (Lipinski definition) is 3. The van der Waals surface area contributed by atoms with Gasteiger partial charge in [0.25, 0.3) is 0 Å². The Kier molecular flexibility index (Phi) is 7.66. The molecule has 0 aliphatic heterocycles. The summed E-state index contributed by atoms with van der Waals surface area (Å²) in [5.41, 5.74) is 0.604. The molecular weight excluding hydrogens is 368 g/mol. The summed E-state index contributed by atoms with van der Waals surface area (Å²) >= 11 is 9.54. The van der Waals surface area contributed by atoms with Crippen molar-refractivity contribution in [2.45, 2.75) is 39.3 Å². The molecule has 4 nitrogen and oxygen atoms in total. The standard InChI is InChI=1S/C16H24BrClN2O2/c1-16(2,3)22-15(21)20(4)9-5-8-19-11-12-6-7-13(17)10-14(12)18/h6-7,10,19H,5,8-9,11H2,1-4H3. The Morgan fingerprint density at radius 1 is 1.41 bits per heavy atom. The molecule has 0 radical (unpaired) electrons. The Labute approximate surface area is 146 Å². The first-order valence-electron chi connectivity index (χ1n) is 7.28. The van der Waals surface area contributed by atoms with Crippen LogP contribution >= 0.6 is 27.5 Å². The zero-order chi connectivity index (χ0) is 16.8. The largest absolute Gasteiger partial charge is 0.444 e. The van der Waals surface area contributed by atoms with E-state index in [9.17, 15) is 4.79 Å². The fraction of sp³-hybridized carbons (Fsp3) is 0.562. The van der Waals surface area contributed by atoms with Crippen LogP contribution in [0, 0.1) is 0 Å². The van der Waals surface area contributed by atoms with E-state index in [1.54, 1.807) is 11.9 Å². The first-order chi connectivity index (χ1) is 10.2. The number of rotatable bonds is 6. The number of nitrogens with zero attached hydrogens (tertiary/aromatic N) is 1. The number of hydrogen-bond donors (Lipinski definition) is 1. The molecule has 6 heteroatoms. The van der Waals surface area contributed by atoms with Crippen LogP contribution in [0.25, 0.3) is 0 Å². The molecule has 0 aliphatic carbocycles. The van der Waals surface area contributed by atoms with Gasteiger partial charge in [0.1, 0.15) is 5.60 Å². The fourth-order valence-electron chi connectivity index (χ4n) is 1.76. The number of carbonyl (C=O) groups is 1. The molecule has 1 rings (SSSR count). The highest BCUT2D eigenvalue weighted by Gasteiger charge is 2.18. The number of nitrogens with one attached hydrogen (secondary N) is 1. The van der Waals surface area contributed by atoms with Gasteiger partial charge >= 0.3 is 6.09 Å². The van der Waals surface area contributed by atoms with Crippen LogP contribution in [0.1, 0.15) is 32.8 Å². The molecule has 0 spiro atoms. The van der Waals surface area contributed by atoms with Crippen LogP contribution in [-0.2, 0) is 11.3 Å². The summed E-state index contributed by atoms with van der Waals surface area (Å²) in [5.74, 6) is 0. The molecule has 0 atom stereocenters. The lowest BCUT2D eigenvalue weighted by Crippen LogP contribution is -2.35. The molecule has 124 valence electrons. The molecule has 0 aromatic heterocycles. The van der Waals surface area contributed by atoms with Gasteiger partial charge in [-0.3, -0.25) is 0 Å². The van der Waals surface area contributed by atoms with E-state index in [2.05, 4.69) is 21.2 Å². The first kappa shape index (κ1) is 19.3. The molecule has 1 aromatic carbocycles. The fourth-order valence-corrected chi connectivity index (χ4v) is 2.50. The minimum Gasteiger partial charge on any atom is -0.444 e. The monoisotopic (exact) mass is 390 g/mol. The van der Waals surface area contributed by atoms with Crippen LogP contribution in [0.3, 0.4) is 0 Å². The van der Waals surface area contributed by atoms with Gasteiger partial charge in [-0.15, -0.1) is 0 Å². The van der Waals surface area contributed by atoms with Crippen molar-refractivity contribution in [1.82, 2.24) is 10.2 Å². The lowest BCUT2D eigenvalue weighted by Gasteiger charge is -2.24. The second-order valence-electron chi connectivity index (χ2n) is 6.17. The Bertz CT molecular complexity index is 503. The Hall–Kier alpha value is -0.780. The third-order valence-corrected chi connectivity index (χ3v) is 3.73. The molecule has 0 heterocycles. The van der Waals surface area contributed by atoms with Crippen molar-refractivity contribution in [1.29, 1.82) is 0 Å². The summed E-state index contributed by atoms with van der Waals surface area (Å²) in [6.45, 7) is 7.75. The molecule has 1 amide bonds. The van der Waals surface area contributed by atoms with Gasteiger partial charge in [-0.1, -0.05) is 33.6 Å². The number of carbonyl (C=O) groups excluding carboxylic acids is 1. The van der Waals surface area contributed by atoms with Gasteiger partial charge in [0.15, 0.2) is 0 Å². The van der Waals surface area contributed by atoms with E-state index in [4.69, 9.17) is 16.3 Å². The Morgan fingerprint density at radius 2 is 2.09 bits per heavy atom. The smallest absolute Gasteiger partial charge is 0.410 e. The maximum Gasteiger partial charge on any atom is 0.410 e. The lowest BCUT2D eigenvalue weighted by molar-refractivity contribution is 0.0297.